The molecule has 0 radical (unpaired) electrons. The Kier molecular flexibility index (Phi) is 5.79. The van der Waals surface area contributed by atoms with E-state index in [0.717, 1.165) is 9.87 Å². The van der Waals surface area contributed by atoms with Crippen LogP contribution in [0, 0.1) is 6.92 Å². The Morgan fingerprint density at radius 2 is 1.95 bits per heavy atom. The molecular weight excluding hydrogens is 296 g/mol. The van der Waals surface area contributed by atoms with Crippen molar-refractivity contribution in [1.29, 1.82) is 0 Å². The molecule has 0 spiro atoms. The third kappa shape index (κ3) is 4.50. The fraction of sp³-hybridized carbons (Fsp3) is 0.417. The molecule has 1 rings (SSSR count). The zero-order valence-corrected chi connectivity index (χ0v) is 13.2. The summed E-state index contributed by atoms with van der Waals surface area (Å²) in [4.78, 5) is 10.2. The van der Waals surface area contributed by atoms with Crippen LogP contribution in [0.4, 0.5) is 5.69 Å². The molecule has 0 aliphatic heterocycles. The zero-order valence-electron chi connectivity index (χ0n) is 12.3. The smallest absolute Gasteiger partial charge is 0.294 e. The first-order valence-electron chi connectivity index (χ1n) is 6.00. The zero-order chi connectivity index (χ0) is 16.0. The molecule has 0 saturated heterocycles. The van der Waals surface area contributed by atoms with Crippen molar-refractivity contribution in [2.75, 3.05) is 27.9 Å². The minimum Gasteiger partial charge on any atom is -0.445 e. The maximum absolute atomic E-state index is 12.1. The number of hydrogen-bond acceptors (Lipinski definition) is 6. The number of nitrogens with zero attached hydrogens (tertiary/aromatic N) is 4. The molecule has 0 saturated carbocycles. The Bertz CT molecular complexity index is 628. The summed E-state index contributed by atoms with van der Waals surface area (Å²) in [5, 5.41) is 9.10. The van der Waals surface area contributed by atoms with E-state index in [4.69, 9.17) is 0 Å². The molecule has 0 fully saturated rings. The number of carbonyl (C=O) groups is 1. The first-order chi connectivity index (χ1) is 9.78. The van der Waals surface area contributed by atoms with Crippen LogP contribution in [0.15, 0.2) is 33.4 Å². The van der Waals surface area contributed by atoms with Gasteiger partial charge in [-0.3, -0.25) is 4.79 Å². The van der Waals surface area contributed by atoms with Crippen LogP contribution < -0.4 is 0 Å². The first-order valence-corrected chi connectivity index (χ1v) is 7.44. The summed E-state index contributed by atoms with van der Waals surface area (Å²) in [5.74, 6) is 0. The van der Waals surface area contributed by atoms with Crippen LogP contribution in [0.5, 0.6) is 0 Å². The van der Waals surface area contributed by atoms with Gasteiger partial charge >= 0.3 is 0 Å². The Morgan fingerprint density at radius 1 is 1.29 bits per heavy atom. The topological polar surface area (TPSA) is 91.6 Å². The Labute approximate surface area is 124 Å². The van der Waals surface area contributed by atoms with E-state index in [1.165, 1.54) is 31.2 Å². The van der Waals surface area contributed by atoms with Crippen molar-refractivity contribution in [3.05, 3.63) is 23.8 Å². The van der Waals surface area contributed by atoms with E-state index in [1.54, 1.807) is 20.0 Å². The minimum atomic E-state index is -3.52. The lowest BCUT2D eigenvalue weighted by Crippen LogP contribution is -2.22. The van der Waals surface area contributed by atoms with E-state index in [2.05, 4.69) is 15.1 Å². The molecule has 9 heteroatoms. The highest BCUT2D eigenvalue weighted by Gasteiger charge is 2.18. The van der Waals surface area contributed by atoms with Crippen molar-refractivity contribution in [2.45, 2.75) is 11.8 Å². The van der Waals surface area contributed by atoms with Crippen molar-refractivity contribution in [3.63, 3.8) is 0 Å². The first kappa shape index (κ1) is 17.1. The highest BCUT2D eigenvalue weighted by Crippen LogP contribution is 2.24. The average Bonchev–Trinajstić information content (AvgIpc) is 2.43. The average molecular weight is 314 g/mol. The number of rotatable bonds is 7. The van der Waals surface area contributed by atoms with Gasteiger partial charge in [-0.1, -0.05) is 11.3 Å². The van der Waals surface area contributed by atoms with E-state index in [0.29, 0.717) is 12.2 Å². The van der Waals surface area contributed by atoms with E-state index >= 15 is 0 Å². The number of sulfonamides is 1. The Balaban J connectivity index is 3.04. The molecule has 0 heterocycles. The molecule has 0 aliphatic rings. The highest BCUT2D eigenvalue weighted by atomic mass is 32.2. The van der Waals surface area contributed by atoms with Crippen LogP contribution >= 0.6 is 0 Å². The monoisotopic (exact) mass is 314 g/mol. The second kappa shape index (κ2) is 7.14. The fourth-order valence-corrected chi connectivity index (χ4v) is 2.28. The second-order valence-electron chi connectivity index (χ2n) is 4.47. The van der Waals surface area contributed by atoms with Crippen LogP contribution in [-0.4, -0.2) is 52.1 Å². The maximum Gasteiger partial charge on any atom is 0.294 e. The van der Waals surface area contributed by atoms with Gasteiger partial charge in [-0.25, -0.2) is 17.7 Å². The summed E-state index contributed by atoms with van der Waals surface area (Å²) in [6.07, 6.45) is 0. The maximum atomic E-state index is 12.1. The van der Waals surface area contributed by atoms with Crippen molar-refractivity contribution in [2.24, 2.45) is 10.3 Å². The molecule has 0 aromatic heterocycles. The van der Waals surface area contributed by atoms with E-state index in [1.807, 2.05) is 0 Å². The van der Waals surface area contributed by atoms with Gasteiger partial charge in [0.2, 0.25) is 10.0 Å². The largest absolute Gasteiger partial charge is 0.445 e. The Hall–Kier alpha value is -2.00. The number of aryl methyl sites for hydroxylation is 1. The third-order valence-electron chi connectivity index (χ3n) is 2.59. The van der Waals surface area contributed by atoms with Gasteiger partial charge in [0.15, 0.2) is 6.73 Å². The van der Waals surface area contributed by atoms with Crippen molar-refractivity contribution in [3.8, 4) is 0 Å². The summed E-state index contributed by atoms with van der Waals surface area (Å²) >= 11 is 0. The summed E-state index contributed by atoms with van der Waals surface area (Å²) in [5.41, 5.74) is 1.21. The normalized spacial score (nSPS) is 11.9. The van der Waals surface area contributed by atoms with Crippen molar-refractivity contribution < 1.29 is 17.9 Å². The minimum absolute atomic E-state index is 0.0399. The van der Waals surface area contributed by atoms with Gasteiger partial charge in [0.1, 0.15) is 0 Å². The molecule has 116 valence electrons. The standard InChI is InChI=1S/C12H18N4O4S/c1-10-5-6-11(21(18,19)15(2)3)7-12(10)13-14-16(4)8-20-9-17/h5-7,9H,8H2,1-4H3. The number of carbonyl (C=O) groups excluding carboxylic acids is 1. The summed E-state index contributed by atoms with van der Waals surface area (Å²) < 4.78 is 29.8. The van der Waals surface area contributed by atoms with Crippen molar-refractivity contribution in [1.82, 2.24) is 9.31 Å². The lowest BCUT2D eigenvalue weighted by Gasteiger charge is -2.12. The van der Waals surface area contributed by atoms with Gasteiger partial charge < -0.3 is 4.74 Å². The number of benzene rings is 1. The molecule has 0 unspecified atom stereocenters. The molecule has 0 bridgehead atoms. The molecular formula is C12H18N4O4S. The highest BCUT2D eigenvalue weighted by molar-refractivity contribution is 7.89. The molecule has 1 aromatic rings. The predicted molar refractivity (Wildman–Crippen MR) is 76.3 cm³/mol. The third-order valence-corrected chi connectivity index (χ3v) is 4.40. The van der Waals surface area contributed by atoms with Crippen LogP contribution in [0.25, 0.3) is 0 Å². The van der Waals surface area contributed by atoms with Gasteiger partial charge in [-0.05, 0) is 24.6 Å². The van der Waals surface area contributed by atoms with Crippen LogP contribution in [0.3, 0.4) is 0 Å². The lowest BCUT2D eigenvalue weighted by atomic mass is 10.2. The van der Waals surface area contributed by atoms with Crippen LogP contribution in [0.2, 0.25) is 0 Å². The SMILES string of the molecule is Cc1ccc(S(=O)(=O)N(C)C)cc1N=NN(C)COC=O. The van der Waals surface area contributed by atoms with Gasteiger partial charge in [-0.2, -0.15) is 0 Å². The van der Waals surface area contributed by atoms with Gasteiger partial charge in [0.05, 0.1) is 10.6 Å². The molecule has 0 aliphatic carbocycles. The Morgan fingerprint density at radius 3 is 2.52 bits per heavy atom. The van der Waals surface area contributed by atoms with Gasteiger partial charge in [0, 0.05) is 21.1 Å². The molecule has 0 amide bonds. The van der Waals surface area contributed by atoms with E-state index in [9.17, 15) is 13.2 Å². The van der Waals surface area contributed by atoms with Crippen LogP contribution in [0.1, 0.15) is 5.56 Å². The quantitative estimate of drug-likeness (QED) is 0.327. The number of ether oxygens (including phenoxy) is 1. The van der Waals surface area contributed by atoms with Crippen LogP contribution in [-0.2, 0) is 19.6 Å². The molecule has 8 nitrogen and oxygen atoms in total. The second-order valence-corrected chi connectivity index (χ2v) is 6.63. The number of hydrogen-bond donors (Lipinski definition) is 0. The molecule has 0 atom stereocenters. The summed E-state index contributed by atoms with van der Waals surface area (Å²) in [6, 6.07) is 4.62. The van der Waals surface area contributed by atoms with Gasteiger partial charge in [0.25, 0.3) is 6.47 Å². The lowest BCUT2D eigenvalue weighted by molar-refractivity contribution is -0.132. The summed E-state index contributed by atoms with van der Waals surface area (Å²) in [6.45, 7) is 2.06. The molecule has 21 heavy (non-hydrogen) atoms. The van der Waals surface area contributed by atoms with Gasteiger partial charge in [-0.15, -0.1) is 5.11 Å². The van der Waals surface area contributed by atoms with E-state index < -0.39 is 10.0 Å². The van der Waals surface area contributed by atoms with Crippen molar-refractivity contribution >= 4 is 22.2 Å². The fourth-order valence-electron chi connectivity index (χ4n) is 1.36. The van der Waals surface area contributed by atoms with E-state index in [-0.39, 0.29) is 11.6 Å². The summed E-state index contributed by atoms with van der Waals surface area (Å²) in [7, 11) is 0.969. The predicted octanol–water partition coefficient (Wildman–Crippen LogP) is 1.31. The molecule has 1 aromatic carbocycles. The molecule has 0 N–H and O–H groups in total.